The predicted octanol–water partition coefficient (Wildman–Crippen LogP) is 2.72. The van der Waals surface area contributed by atoms with Gasteiger partial charge in [-0.05, 0) is 30.9 Å². The number of likely N-dealkylation sites (N-methyl/N-ethyl adjacent to an activating group) is 1. The molecule has 0 aromatic carbocycles. The van der Waals surface area contributed by atoms with E-state index >= 15 is 0 Å². The van der Waals surface area contributed by atoms with Crippen LogP contribution in [0.1, 0.15) is 32.6 Å². The van der Waals surface area contributed by atoms with Gasteiger partial charge in [0.05, 0.1) is 10.9 Å². The molecule has 5 nitrogen and oxygen atoms in total. The minimum atomic E-state index is -3.66. The van der Waals surface area contributed by atoms with Gasteiger partial charge in [-0.2, -0.15) is 4.31 Å². The Morgan fingerprint density at radius 1 is 1.41 bits per heavy atom. The number of nitrogens with zero attached hydrogens (tertiary/aromatic N) is 1. The Kier molecular flexibility index (Phi) is 5.87. The van der Waals surface area contributed by atoms with E-state index in [9.17, 15) is 13.2 Å². The van der Waals surface area contributed by atoms with Crippen molar-refractivity contribution in [3.05, 3.63) is 16.5 Å². The highest BCUT2D eigenvalue weighted by atomic mass is 35.5. The summed E-state index contributed by atoms with van der Waals surface area (Å²) in [5, 5.41) is 2.96. The van der Waals surface area contributed by atoms with E-state index in [1.54, 1.807) is 0 Å². The smallest absolute Gasteiger partial charge is 0.252 e. The summed E-state index contributed by atoms with van der Waals surface area (Å²) in [6.07, 6.45) is 4.37. The molecule has 0 radical (unpaired) electrons. The maximum Gasteiger partial charge on any atom is 0.252 e. The van der Waals surface area contributed by atoms with Crippen molar-refractivity contribution < 1.29 is 13.2 Å². The zero-order valence-corrected chi connectivity index (χ0v) is 15.1. The first-order chi connectivity index (χ1) is 10.3. The summed E-state index contributed by atoms with van der Waals surface area (Å²) in [6.45, 7) is 1.94. The normalized spacial score (nSPS) is 22.7. The Bertz CT molecular complexity index is 630. The molecule has 0 spiro atoms. The molecule has 0 saturated heterocycles. The Balaban J connectivity index is 1.96. The summed E-state index contributed by atoms with van der Waals surface area (Å²) < 4.78 is 26.3. The molecule has 1 heterocycles. The van der Waals surface area contributed by atoms with Gasteiger partial charge in [-0.1, -0.05) is 31.4 Å². The number of nitrogens with one attached hydrogen (secondary N) is 1. The molecule has 1 N–H and O–H groups in total. The van der Waals surface area contributed by atoms with Crippen LogP contribution in [-0.2, 0) is 14.8 Å². The molecule has 124 valence electrons. The van der Waals surface area contributed by atoms with Crippen LogP contribution in [0.2, 0.25) is 4.34 Å². The number of thiophene rings is 1. The van der Waals surface area contributed by atoms with Gasteiger partial charge in [-0.15, -0.1) is 11.3 Å². The fourth-order valence-electron chi connectivity index (χ4n) is 2.66. The molecule has 1 aromatic heterocycles. The van der Waals surface area contributed by atoms with Crippen molar-refractivity contribution in [3.8, 4) is 0 Å². The summed E-state index contributed by atoms with van der Waals surface area (Å²) >= 11 is 6.77. The van der Waals surface area contributed by atoms with Crippen LogP contribution in [0.5, 0.6) is 0 Å². The van der Waals surface area contributed by atoms with Crippen molar-refractivity contribution in [1.29, 1.82) is 0 Å². The van der Waals surface area contributed by atoms with Crippen molar-refractivity contribution in [3.63, 3.8) is 0 Å². The van der Waals surface area contributed by atoms with E-state index in [-0.39, 0.29) is 22.7 Å². The van der Waals surface area contributed by atoms with Gasteiger partial charge in [0.15, 0.2) is 0 Å². The molecule has 1 aliphatic carbocycles. The summed E-state index contributed by atoms with van der Waals surface area (Å²) in [5.41, 5.74) is 0. The average molecular weight is 365 g/mol. The molecule has 1 amide bonds. The minimum Gasteiger partial charge on any atom is -0.352 e. The van der Waals surface area contributed by atoms with E-state index in [2.05, 4.69) is 12.2 Å². The number of hydrogen-bond donors (Lipinski definition) is 1. The largest absolute Gasteiger partial charge is 0.352 e. The summed E-state index contributed by atoms with van der Waals surface area (Å²) in [7, 11) is -2.25. The lowest BCUT2D eigenvalue weighted by Gasteiger charge is -2.30. The highest BCUT2D eigenvalue weighted by Gasteiger charge is 2.27. The molecule has 1 saturated carbocycles. The molecule has 0 bridgehead atoms. The number of hydrogen-bond acceptors (Lipinski definition) is 4. The standard InChI is InChI=1S/C14H21ClN2O3S2/c1-10-5-3-4-6-11(10)16-13(18)9-17(2)22(19,20)14-8-7-12(15)21-14/h7-8,10-11H,3-6,9H2,1-2H3,(H,16,18). The fraction of sp³-hybridized carbons (Fsp3) is 0.643. The molecule has 8 heteroatoms. The number of rotatable bonds is 5. The number of sulfonamides is 1. The lowest BCUT2D eigenvalue weighted by Crippen LogP contribution is -2.45. The van der Waals surface area contributed by atoms with Crippen molar-refractivity contribution in [2.45, 2.75) is 42.9 Å². The second-order valence-electron chi connectivity index (χ2n) is 5.76. The molecular weight excluding hydrogens is 344 g/mol. The Morgan fingerprint density at radius 2 is 2.09 bits per heavy atom. The number of carbonyl (C=O) groups is 1. The number of halogens is 1. The Labute approximate surface area is 140 Å². The maximum atomic E-state index is 12.3. The predicted molar refractivity (Wildman–Crippen MR) is 88.7 cm³/mol. The van der Waals surface area contributed by atoms with Crippen LogP contribution in [0, 0.1) is 5.92 Å². The SMILES string of the molecule is CC1CCCCC1NC(=O)CN(C)S(=O)(=O)c1ccc(Cl)s1. The maximum absolute atomic E-state index is 12.3. The minimum absolute atomic E-state index is 0.147. The van der Waals surface area contributed by atoms with E-state index in [0.29, 0.717) is 10.3 Å². The zero-order valence-electron chi connectivity index (χ0n) is 12.7. The Morgan fingerprint density at radius 3 is 2.68 bits per heavy atom. The van der Waals surface area contributed by atoms with E-state index in [0.717, 1.165) is 34.9 Å². The molecule has 0 aliphatic heterocycles. The van der Waals surface area contributed by atoms with Gasteiger partial charge in [-0.3, -0.25) is 4.79 Å². The molecule has 1 fully saturated rings. The topological polar surface area (TPSA) is 66.5 Å². The van der Waals surface area contributed by atoms with E-state index in [1.165, 1.54) is 25.6 Å². The van der Waals surface area contributed by atoms with Crippen LogP contribution >= 0.6 is 22.9 Å². The zero-order chi connectivity index (χ0) is 16.3. The number of amides is 1. The van der Waals surface area contributed by atoms with Crippen molar-refractivity contribution in [2.75, 3.05) is 13.6 Å². The summed E-state index contributed by atoms with van der Waals surface area (Å²) in [6, 6.07) is 3.14. The third kappa shape index (κ3) is 4.22. The highest BCUT2D eigenvalue weighted by molar-refractivity contribution is 7.91. The highest BCUT2D eigenvalue weighted by Crippen LogP contribution is 2.27. The third-order valence-electron chi connectivity index (χ3n) is 4.04. The molecule has 2 unspecified atom stereocenters. The quantitative estimate of drug-likeness (QED) is 0.873. The fourth-order valence-corrected chi connectivity index (χ4v) is 5.48. The number of carbonyl (C=O) groups excluding carboxylic acids is 1. The second-order valence-corrected chi connectivity index (χ2v) is 9.74. The molecule has 1 aliphatic rings. The van der Waals surface area contributed by atoms with Crippen LogP contribution in [0.25, 0.3) is 0 Å². The van der Waals surface area contributed by atoms with E-state index in [1.807, 2.05) is 0 Å². The van der Waals surface area contributed by atoms with Gasteiger partial charge in [0.25, 0.3) is 10.0 Å². The average Bonchev–Trinajstić information content (AvgIpc) is 2.88. The van der Waals surface area contributed by atoms with Crippen LogP contribution in [0.3, 0.4) is 0 Å². The van der Waals surface area contributed by atoms with Crippen LogP contribution < -0.4 is 5.32 Å². The van der Waals surface area contributed by atoms with Gasteiger partial charge >= 0.3 is 0 Å². The third-order valence-corrected chi connectivity index (χ3v) is 7.54. The lowest BCUT2D eigenvalue weighted by molar-refractivity contribution is -0.122. The van der Waals surface area contributed by atoms with Gasteiger partial charge in [0.1, 0.15) is 4.21 Å². The first kappa shape index (κ1) is 17.7. The molecule has 2 rings (SSSR count). The molecule has 1 aromatic rings. The molecular formula is C14H21ClN2O3S2. The van der Waals surface area contributed by atoms with E-state index in [4.69, 9.17) is 11.6 Å². The first-order valence-electron chi connectivity index (χ1n) is 7.31. The second kappa shape index (κ2) is 7.29. The van der Waals surface area contributed by atoms with Gasteiger partial charge in [0, 0.05) is 13.1 Å². The molecule has 22 heavy (non-hydrogen) atoms. The van der Waals surface area contributed by atoms with Crippen LogP contribution in [0.4, 0.5) is 0 Å². The van der Waals surface area contributed by atoms with Gasteiger partial charge < -0.3 is 5.32 Å². The van der Waals surface area contributed by atoms with Crippen LogP contribution in [-0.4, -0.2) is 38.3 Å². The van der Waals surface area contributed by atoms with Crippen molar-refractivity contribution >= 4 is 38.9 Å². The monoisotopic (exact) mass is 364 g/mol. The lowest BCUT2D eigenvalue weighted by atomic mass is 9.86. The Hall–Kier alpha value is -0.630. The van der Waals surface area contributed by atoms with Gasteiger partial charge in [-0.25, -0.2) is 8.42 Å². The molecule has 2 atom stereocenters. The summed E-state index contributed by atoms with van der Waals surface area (Å²) in [4.78, 5) is 12.1. The first-order valence-corrected chi connectivity index (χ1v) is 9.95. The summed E-state index contributed by atoms with van der Waals surface area (Å²) in [5.74, 6) is 0.184. The van der Waals surface area contributed by atoms with E-state index < -0.39 is 10.0 Å². The van der Waals surface area contributed by atoms with Crippen LogP contribution in [0.15, 0.2) is 16.3 Å². The van der Waals surface area contributed by atoms with Crippen molar-refractivity contribution in [1.82, 2.24) is 9.62 Å². The van der Waals surface area contributed by atoms with Crippen molar-refractivity contribution in [2.24, 2.45) is 5.92 Å². The van der Waals surface area contributed by atoms with Gasteiger partial charge in [0.2, 0.25) is 5.91 Å².